The lowest BCUT2D eigenvalue weighted by molar-refractivity contribution is -0.140. The molecule has 1 unspecified atom stereocenters. The van der Waals surface area contributed by atoms with Crippen molar-refractivity contribution >= 4 is 5.91 Å². The Kier molecular flexibility index (Phi) is 3.70. The second-order valence-corrected chi connectivity index (χ2v) is 4.32. The number of aliphatic hydroxyl groups is 1. The molecular weight excluding hydrogens is 192 g/mol. The molecular formula is C11H18N2O2. The molecule has 1 aliphatic rings. The van der Waals surface area contributed by atoms with Crippen molar-refractivity contribution in [2.24, 2.45) is 5.41 Å². The van der Waals surface area contributed by atoms with Crippen molar-refractivity contribution in [1.82, 2.24) is 4.90 Å². The Balaban J connectivity index is 2.65. The number of likely N-dealkylation sites (tertiary alicyclic amines) is 1. The summed E-state index contributed by atoms with van der Waals surface area (Å²) in [7, 11) is 0. The van der Waals surface area contributed by atoms with Crippen LogP contribution in [0.25, 0.3) is 0 Å². The fourth-order valence-electron chi connectivity index (χ4n) is 1.70. The van der Waals surface area contributed by atoms with Gasteiger partial charge < -0.3 is 10.0 Å². The number of nitrogens with zero attached hydrogens (tertiary/aromatic N) is 2. The maximum Gasteiger partial charge on any atom is 0.242 e. The SMILES string of the molecule is CCC(C)(C#N)C(=O)N1CCC(O)CC1. The van der Waals surface area contributed by atoms with Gasteiger partial charge in [-0.25, -0.2) is 0 Å². The Bertz CT molecular complexity index is 277. The molecule has 1 rings (SSSR count). The number of nitriles is 1. The van der Waals surface area contributed by atoms with Crippen LogP contribution in [0.4, 0.5) is 0 Å². The van der Waals surface area contributed by atoms with Crippen LogP contribution < -0.4 is 0 Å². The van der Waals surface area contributed by atoms with Crippen LogP contribution >= 0.6 is 0 Å². The summed E-state index contributed by atoms with van der Waals surface area (Å²) >= 11 is 0. The van der Waals surface area contributed by atoms with E-state index >= 15 is 0 Å². The van der Waals surface area contributed by atoms with Gasteiger partial charge in [0.1, 0.15) is 5.41 Å². The zero-order chi connectivity index (χ0) is 11.5. The van der Waals surface area contributed by atoms with Crippen LogP contribution in [-0.2, 0) is 4.79 Å². The van der Waals surface area contributed by atoms with Crippen molar-refractivity contribution in [1.29, 1.82) is 5.26 Å². The molecule has 1 heterocycles. The quantitative estimate of drug-likeness (QED) is 0.736. The van der Waals surface area contributed by atoms with Gasteiger partial charge in [-0.3, -0.25) is 4.79 Å². The van der Waals surface area contributed by atoms with Gasteiger partial charge in [0.15, 0.2) is 0 Å². The average molecular weight is 210 g/mol. The van der Waals surface area contributed by atoms with Gasteiger partial charge in [0.05, 0.1) is 12.2 Å². The van der Waals surface area contributed by atoms with Crippen LogP contribution in [-0.4, -0.2) is 35.1 Å². The third kappa shape index (κ3) is 2.48. The smallest absolute Gasteiger partial charge is 0.242 e. The minimum Gasteiger partial charge on any atom is -0.393 e. The van der Waals surface area contributed by atoms with E-state index in [1.54, 1.807) is 11.8 Å². The van der Waals surface area contributed by atoms with Crippen LogP contribution in [0.2, 0.25) is 0 Å². The highest BCUT2D eigenvalue weighted by molar-refractivity contribution is 5.85. The predicted octanol–water partition coefficient (Wildman–Crippen LogP) is 0.910. The highest BCUT2D eigenvalue weighted by atomic mass is 16.3. The number of rotatable bonds is 2. The molecule has 84 valence electrons. The maximum atomic E-state index is 12.0. The standard InChI is InChI=1S/C11H18N2O2/c1-3-11(2,8-12)10(15)13-6-4-9(14)5-7-13/h9,14H,3-7H2,1-2H3. The first-order valence-electron chi connectivity index (χ1n) is 5.42. The Labute approximate surface area is 90.5 Å². The topological polar surface area (TPSA) is 64.3 Å². The summed E-state index contributed by atoms with van der Waals surface area (Å²) in [5, 5.41) is 18.3. The fourth-order valence-corrected chi connectivity index (χ4v) is 1.70. The highest BCUT2D eigenvalue weighted by Gasteiger charge is 2.36. The number of aliphatic hydroxyl groups excluding tert-OH is 1. The van der Waals surface area contributed by atoms with Gasteiger partial charge in [-0.2, -0.15) is 5.26 Å². The molecule has 0 aromatic carbocycles. The minimum absolute atomic E-state index is 0.0978. The summed E-state index contributed by atoms with van der Waals surface area (Å²) in [5.41, 5.74) is -0.901. The Morgan fingerprint density at radius 3 is 2.53 bits per heavy atom. The summed E-state index contributed by atoms with van der Waals surface area (Å²) in [6.07, 6.45) is 1.49. The second kappa shape index (κ2) is 4.63. The largest absolute Gasteiger partial charge is 0.393 e. The molecule has 0 spiro atoms. The van der Waals surface area contributed by atoms with E-state index in [0.29, 0.717) is 32.4 Å². The molecule has 4 heteroatoms. The molecule has 1 fully saturated rings. The predicted molar refractivity (Wildman–Crippen MR) is 55.8 cm³/mol. The number of hydrogen-bond acceptors (Lipinski definition) is 3. The van der Waals surface area contributed by atoms with E-state index < -0.39 is 5.41 Å². The van der Waals surface area contributed by atoms with E-state index in [4.69, 9.17) is 5.26 Å². The Hall–Kier alpha value is -1.08. The lowest BCUT2D eigenvalue weighted by Crippen LogP contribution is -2.46. The molecule has 0 saturated carbocycles. The average Bonchev–Trinajstić information content (AvgIpc) is 2.28. The molecule has 4 nitrogen and oxygen atoms in total. The normalized spacial score (nSPS) is 21.9. The molecule has 1 aliphatic heterocycles. The van der Waals surface area contributed by atoms with Crippen LogP contribution in [0.1, 0.15) is 33.1 Å². The molecule has 0 bridgehead atoms. The summed E-state index contributed by atoms with van der Waals surface area (Å²) in [6, 6.07) is 2.08. The maximum absolute atomic E-state index is 12.0. The first kappa shape index (κ1) is 12.0. The summed E-state index contributed by atoms with van der Waals surface area (Å²) in [5.74, 6) is -0.0978. The third-order valence-electron chi connectivity index (χ3n) is 3.18. The van der Waals surface area contributed by atoms with Crippen LogP contribution in [0.15, 0.2) is 0 Å². The molecule has 0 radical (unpaired) electrons. The van der Waals surface area contributed by atoms with Crippen LogP contribution in [0.3, 0.4) is 0 Å². The van der Waals surface area contributed by atoms with Crippen molar-refractivity contribution in [3.05, 3.63) is 0 Å². The van der Waals surface area contributed by atoms with E-state index in [-0.39, 0.29) is 12.0 Å². The van der Waals surface area contributed by atoms with Gasteiger partial charge in [0.25, 0.3) is 0 Å². The third-order valence-corrected chi connectivity index (χ3v) is 3.18. The fraction of sp³-hybridized carbons (Fsp3) is 0.818. The van der Waals surface area contributed by atoms with E-state index in [9.17, 15) is 9.90 Å². The zero-order valence-electron chi connectivity index (χ0n) is 9.36. The van der Waals surface area contributed by atoms with Gasteiger partial charge >= 0.3 is 0 Å². The molecule has 1 atom stereocenters. The van der Waals surface area contributed by atoms with Gasteiger partial charge in [-0.15, -0.1) is 0 Å². The molecule has 0 aromatic rings. The van der Waals surface area contributed by atoms with Gasteiger partial charge in [0, 0.05) is 13.1 Å². The van der Waals surface area contributed by atoms with E-state index in [2.05, 4.69) is 6.07 Å². The molecule has 1 amide bonds. The molecule has 15 heavy (non-hydrogen) atoms. The van der Waals surface area contributed by atoms with Crippen molar-refractivity contribution < 1.29 is 9.90 Å². The molecule has 1 saturated heterocycles. The molecule has 1 N–H and O–H groups in total. The van der Waals surface area contributed by atoms with Crippen molar-refractivity contribution in [3.8, 4) is 6.07 Å². The van der Waals surface area contributed by atoms with E-state index in [0.717, 1.165) is 0 Å². The monoisotopic (exact) mass is 210 g/mol. The molecule has 0 aromatic heterocycles. The first-order valence-corrected chi connectivity index (χ1v) is 5.42. The summed E-state index contributed by atoms with van der Waals surface area (Å²) in [4.78, 5) is 13.7. The summed E-state index contributed by atoms with van der Waals surface area (Å²) in [6.45, 7) is 4.66. The van der Waals surface area contributed by atoms with Gasteiger partial charge in [-0.05, 0) is 26.2 Å². The lowest BCUT2D eigenvalue weighted by atomic mass is 9.87. The lowest BCUT2D eigenvalue weighted by Gasteiger charge is -2.34. The highest BCUT2D eigenvalue weighted by Crippen LogP contribution is 2.25. The zero-order valence-corrected chi connectivity index (χ0v) is 9.36. The van der Waals surface area contributed by atoms with Gasteiger partial charge in [-0.1, -0.05) is 6.92 Å². The summed E-state index contributed by atoms with van der Waals surface area (Å²) < 4.78 is 0. The van der Waals surface area contributed by atoms with E-state index in [1.165, 1.54) is 0 Å². The number of carbonyl (C=O) groups excluding carboxylic acids is 1. The Morgan fingerprint density at radius 2 is 2.13 bits per heavy atom. The van der Waals surface area contributed by atoms with Crippen LogP contribution in [0, 0.1) is 16.7 Å². The van der Waals surface area contributed by atoms with Crippen molar-refractivity contribution in [2.45, 2.75) is 39.2 Å². The Morgan fingerprint density at radius 1 is 1.60 bits per heavy atom. The van der Waals surface area contributed by atoms with Gasteiger partial charge in [0.2, 0.25) is 5.91 Å². The van der Waals surface area contributed by atoms with Crippen molar-refractivity contribution in [3.63, 3.8) is 0 Å². The first-order chi connectivity index (χ1) is 7.03. The number of piperidine rings is 1. The minimum atomic E-state index is -0.901. The number of carbonyl (C=O) groups is 1. The van der Waals surface area contributed by atoms with Crippen LogP contribution in [0.5, 0.6) is 0 Å². The number of amides is 1. The van der Waals surface area contributed by atoms with E-state index in [1.807, 2.05) is 6.92 Å². The number of hydrogen-bond donors (Lipinski definition) is 1. The second-order valence-electron chi connectivity index (χ2n) is 4.32. The molecule has 0 aliphatic carbocycles. The van der Waals surface area contributed by atoms with Crippen molar-refractivity contribution in [2.75, 3.05) is 13.1 Å².